The fraction of sp³-hybridized carbons (Fsp3) is 0.333. The van der Waals surface area contributed by atoms with Crippen LogP contribution in [0.2, 0.25) is 0 Å². The monoisotopic (exact) mass is 261 g/mol. The average molecular weight is 261 g/mol. The Kier molecular flexibility index (Phi) is 2.89. The summed E-state index contributed by atoms with van der Waals surface area (Å²) in [6.45, 7) is 0. The first-order valence-corrected chi connectivity index (χ1v) is 6.70. The molecule has 3 rings (SSSR count). The molecule has 0 fully saturated rings. The van der Waals surface area contributed by atoms with Crippen molar-refractivity contribution in [3.8, 4) is 0 Å². The molecule has 0 spiro atoms. The van der Waals surface area contributed by atoms with Gasteiger partial charge in [0, 0.05) is 37.4 Å². The fourth-order valence-corrected chi connectivity index (χ4v) is 2.77. The van der Waals surface area contributed by atoms with E-state index in [-0.39, 0.29) is 6.04 Å². The van der Waals surface area contributed by atoms with Gasteiger partial charge in [-0.05, 0) is 7.05 Å². The minimum atomic E-state index is 0.204. The summed E-state index contributed by atoms with van der Waals surface area (Å²) in [4.78, 5) is 10.0. The third kappa shape index (κ3) is 2.04. The van der Waals surface area contributed by atoms with Crippen LogP contribution in [0.15, 0.2) is 30.3 Å². The topological polar surface area (TPSA) is 47.1 Å². The lowest BCUT2D eigenvalue weighted by Gasteiger charge is -2.11. The summed E-state index contributed by atoms with van der Waals surface area (Å²) in [5.74, 6) is 0. The van der Waals surface area contributed by atoms with Gasteiger partial charge in [0.1, 0.15) is 0 Å². The van der Waals surface area contributed by atoms with Crippen LogP contribution in [0.1, 0.15) is 17.4 Å². The summed E-state index contributed by atoms with van der Waals surface area (Å²) in [5, 5.41) is 5.34. The van der Waals surface area contributed by atoms with Gasteiger partial charge < -0.3 is 9.88 Å². The van der Waals surface area contributed by atoms with Crippen LogP contribution in [-0.4, -0.2) is 26.0 Å². The molecule has 94 valence electrons. The molecule has 0 saturated carbocycles. The Balaban J connectivity index is 1.83. The first-order valence-electron chi connectivity index (χ1n) is 5.82. The van der Waals surface area contributed by atoms with Crippen LogP contribution < -0.4 is 5.32 Å². The molecule has 6 heteroatoms. The molecule has 1 unspecified atom stereocenters. The van der Waals surface area contributed by atoms with Crippen molar-refractivity contribution in [2.75, 3.05) is 7.05 Å². The summed E-state index contributed by atoms with van der Waals surface area (Å²) in [7, 11) is 3.94. The van der Waals surface area contributed by atoms with Crippen molar-refractivity contribution >= 4 is 16.3 Å². The number of hydrogen-bond donors (Lipinski definition) is 1. The van der Waals surface area contributed by atoms with E-state index in [0.717, 1.165) is 22.8 Å². The fourth-order valence-electron chi connectivity index (χ4n) is 2.05. The van der Waals surface area contributed by atoms with E-state index in [2.05, 4.69) is 25.9 Å². The molecule has 0 amide bonds. The van der Waals surface area contributed by atoms with Gasteiger partial charge in [-0.2, -0.15) is 0 Å². The van der Waals surface area contributed by atoms with Gasteiger partial charge in [0.05, 0.1) is 23.8 Å². The van der Waals surface area contributed by atoms with Crippen LogP contribution in [0.25, 0.3) is 4.96 Å². The Morgan fingerprint density at radius 3 is 3.00 bits per heavy atom. The standard InChI is InChI=1S/C12H15N5S/c1-13-10(11-7-16(2)8-14-11)5-9-6-17-3-4-18-12(17)15-9/h3-4,6-8,10,13H,5H2,1-2H3. The second-order valence-corrected chi connectivity index (χ2v) is 5.21. The zero-order valence-electron chi connectivity index (χ0n) is 10.4. The minimum Gasteiger partial charge on any atom is -0.340 e. The van der Waals surface area contributed by atoms with Crippen LogP contribution in [0.5, 0.6) is 0 Å². The number of aromatic nitrogens is 4. The van der Waals surface area contributed by atoms with Gasteiger partial charge in [0.15, 0.2) is 4.96 Å². The molecule has 0 aromatic carbocycles. The third-order valence-corrected chi connectivity index (χ3v) is 3.76. The summed E-state index contributed by atoms with van der Waals surface area (Å²) in [5.41, 5.74) is 2.14. The highest BCUT2D eigenvalue weighted by Crippen LogP contribution is 2.18. The van der Waals surface area contributed by atoms with Gasteiger partial charge in [0.2, 0.25) is 0 Å². The highest BCUT2D eigenvalue weighted by atomic mass is 32.1. The molecule has 0 radical (unpaired) electrons. The number of aryl methyl sites for hydroxylation is 1. The van der Waals surface area contributed by atoms with Crippen molar-refractivity contribution in [3.05, 3.63) is 41.7 Å². The van der Waals surface area contributed by atoms with Crippen LogP contribution >= 0.6 is 11.3 Å². The Bertz CT molecular complexity index is 622. The van der Waals surface area contributed by atoms with Crippen LogP contribution in [0.3, 0.4) is 0 Å². The molecule has 3 heterocycles. The summed E-state index contributed by atoms with van der Waals surface area (Å²) >= 11 is 1.65. The molecular formula is C12H15N5S. The van der Waals surface area contributed by atoms with E-state index in [1.54, 1.807) is 11.3 Å². The normalized spacial score (nSPS) is 13.2. The molecule has 18 heavy (non-hydrogen) atoms. The van der Waals surface area contributed by atoms with E-state index in [0.29, 0.717) is 0 Å². The van der Waals surface area contributed by atoms with E-state index in [1.807, 2.05) is 42.8 Å². The minimum absolute atomic E-state index is 0.204. The maximum atomic E-state index is 4.60. The molecule has 0 aliphatic heterocycles. The van der Waals surface area contributed by atoms with Crippen molar-refractivity contribution in [3.63, 3.8) is 0 Å². The van der Waals surface area contributed by atoms with Crippen LogP contribution in [0, 0.1) is 0 Å². The van der Waals surface area contributed by atoms with Crippen molar-refractivity contribution < 1.29 is 0 Å². The van der Waals surface area contributed by atoms with Gasteiger partial charge in [0.25, 0.3) is 0 Å². The number of hydrogen-bond acceptors (Lipinski definition) is 4. The largest absolute Gasteiger partial charge is 0.340 e. The van der Waals surface area contributed by atoms with Crippen molar-refractivity contribution in [2.24, 2.45) is 7.05 Å². The van der Waals surface area contributed by atoms with Gasteiger partial charge in [-0.25, -0.2) is 9.97 Å². The highest BCUT2D eigenvalue weighted by Gasteiger charge is 2.14. The first-order chi connectivity index (χ1) is 8.76. The Labute approximate surface area is 109 Å². The molecule has 3 aromatic heterocycles. The highest BCUT2D eigenvalue weighted by molar-refractivity contribution is 7.15. The predicted molar refractivity (Wildman–Crippen MR) is 71.8 cm³/mol. The van der Waals surface area contributed by atoms with E-state index >= 15 is 0 Å². The lowest BCUT2D eigenvalue weighted by Crippen LogP contribution is -2.19. The molecule has 0 aliphatic carbocycles. The second kappa shape index (κ2) is 4.55. The number of nitrogens with one attached hydrogen (secondary N) is 1. The van der Waals surface area contributed by atoms with Gasteiger partial charge >= 0.3 is 0 Å². The molecule has 0 bridgehead atoms. The molecule has 3 aromatic rings. The summed E-state index contributed by atoms with van der Waals surface area (Å²) < 4.78 is 4.02. The molecule has 1 atom stereocenters. The van der Waals surface area contributed by atoms with E-state index < -0.39 is 0 Å². The third-order valence-electron chi connectivity index (χ3n) is 2.99. The first kappa shape index (κ1) is 11.4. The lowest BCUT2D eigenvalue weighted by molar-refractivity contribution is 0.572. The number of fused-ring (bicyclic) bond motifs is 1. The summed E-state index contributed by atoms with van der Waals surface area (Å²) in [6.07, 6.45) is 8.83. The smallest absolute Gasteiger partial charge is 0.193 e. The number of likely N-dealkylation sites (N-methyl/N-ethyl adjacent to an activating group) is 1. The van der Waals surface area contributed by atoms with E-state index in [4.69, 9.17) is 0 Å². The van der Waals surface area contributed by atoms with Gasteiger partial charge in [-0.15, -0.1) is 11.3 Å². The van der Waals surface area contributed by atoms with Crippen LogP contribution in [-0.2, 0) is 13.5 Å². The van der Waals surface area contributed by atoms with Crippen molar-refractivity contribution in [2.45, 2.75) is 12.5 Å². The Morgan fingerprint density at radius 2 is 2.33 bits per heavy atom. The molecule has 0 aliphatic rings. The summed E-state index contributed by atoms with van der Waals surface area (Å²) in [6, 6.07) is 0.204. The van der Waals surface area contributed by atoms with Crippen LogP contribution in [0.4, 0.5) is 0 Å². The number of thiazole rings is 1. The number of rotatable bonds is 4. The van der Waals surface area contributed by atoms with E-state index in [1.165, 1.54) is 0 Å². The Hall–Kier alpha value is -1.66. The maximum Gasteiger partial charge on any atom is 0.193 e. The van der Waals surface area contributed by atoms with Gasteiger partial charge in [-0.1, -0.05) is 0 Å². The SMILES string of the molecule is CNC(Cc1cn2ccsc2n1)c1cn(C)cn1. The maximum absolute atomic E-state index is 4.60. The quantitative estimate of drug-likeness (QED) is 0.776. The Morgan fingerprint density at radius 1 is 1.44 bits per heavy atom. The zero-order chi connectivity index (χ0) is 12.5. The molecule has 1 N–H and O–H groups in total. The zero-order valence-corrected chi connectivity index (χ0v) is 11.2. The predicted octanol–water partition coefficient (Wildman–Crippen LogP) is 1.63. The molecular weight excluding hydrogens is 246 g/mol. The number of nitrogens with zero attached hydrogens (tertiary/aromatic N) is 4. The average Bonchev–Trinajstić information content (AvgIpc) is 3.00. The lowest BCUT2D eigenvalue weighted by atomic mass is 10.1. The van der Waals surface area contributed by atoms with Crippen molar-refractivity contribution in [1.82, 2.24) is 24.3 Å². The second-order valence-electron chi connectivity index (χ2n) is 4.33. The number of imidazole rings is 2. The van der Waals surface area contributed by atoms with Gasteiger partial charge in [-0.3, -0.25) is 4.40 Å². The molecule has 5 nitrogen and oxygen atoms in total. The molecule has 0 saturated heterocycles. The van der Waals surface area contributed by atoms with E-state index in [9.17, 15) is 0 Å². The van der Waals surface area contributed by atoms with Crippen molar-refractivity contribution in [1.29, 1.82) is 0 Å².